The molecular weight excluding hydrogens is 244 g/mol. The van der Waals surface area contributed by atoms with E-state index in [0.29, 0.717) is 12.5 Å². The Hall–Kier alpha value is -0.200. The van der Waals surface area contributed by atoms with E-state index >= 15 is 0 Å². The Balaban J connectivity index is 2.55. The van der Waals surface area contributed by atoms with Gasteiger partial charge in [0.2, 0.25) is 0 Å². The van der Waals surface area contributed by atoms with Crippen molar-refractivity contribution in [2.24, 2.45) is 11.7 Å². The highest BCUT2D eigenvalue weighted by Crippen LogP contribution is 2.28. The lowest BCUT2D eigenvalue weighted by atomic mass is 9.89. The van der Waals surface area contributed by atoms with Crippen molar-refractivity contribution in [3.63, 3.8) is 0 Å². The Morgan fingerprint density at radius 1 is 1.21 bits per heavy atom. The number of hydrogen-bond donors (Lipinski definition) is 1. The van der Waals surface area contributed by atoms with E-state index in [2.05, 4.69) is 11.8 Å². The molecule has 1 saturated heterocycles. The average molecular weight is 274 g/mol. The number of rotatable bonds is 8. The Labute approximate surface area is 117 Å². The van der Waals surface area contributed by atoms with Gasteiger partial charge >= 0.3 is 0 Å². The molecule has 0 aromatic rings. The first kappa shape index (κ1) is 16.9. The van der Waals surface area contributed by atoms with Gasteiger partial charge in [0.25, 0.3) is 0 Å². The van der Waals surface area contributed by atoms with Crippen LogP contribution in [0.3, 0.4) is 0 Å². The molecule has 0 saturated carbocycles. The molecule has 1 atom stereocenters. The fraction of sp³-hybridized carbons (Fsp3) is 1.00. The highest BCUT2D eigenvalue weighted by molar-refractivity contribution is 4.91. The zero-order valence-electron chi connectivity index (χ0n) is 12.9. The average Bonchev–Trinajstić information content (AvgIpc) is 2.45. The minimum Gasteiger partial charge on any atom is -0.384 e. The molecule has 0 aromatic carbocycles. The number of likely N-dealkylation sites (tertiary alicyclic amines) is 1. The lowest BCUT2D eigenvalue weighted by Crippen LogP contribution is -2.56. The second-order valence-electron chi connectivity index (χ2n) is 5.69. The van der Waals surface area contributed by atoms with Gasteiger partial charge < -0.3 is 19.9 Å². The van der Waals surface area contributed by atoms with Gasteiger partial charge in [-0.1, -0.05) is 0 Å². The molecule has 1 unspecified atom stereocenters. The van der Waals surface area contributed by atoms with Gasteiger partial charge in [0, 0.05) is 46.4 Å². The van der Waals surface area contributed by atoms with Crippen molar-refractivity contribution in [2.75, 3.05) is 47.6 Å². The van der Waals surface area contributed by atoms with Gasteiger partial charge in [0.15, 0.2) is 6.29 Å². The molecule has 114 valence electrons. The Morgan fingerprint density at radius 3 is 2.21 bits per heavy atom. The summed E-state index contributed by atoms with van der Waals surface area (Å²) in [6, 6.07) is 0. The topological polar surface area (TPSA) is 57.0 Å². The van der Waals surface area contributed by atoms with Crippen LogP contribution in [0.1, 0.15) is 26.2 Å². The van der Waals surface area contributed by atoms with Crippen LogP contribution in [-0.4, -0.2) is 64.3 Å². The number of piperidine rings is 1. The van der Waals surface area contributed by atoms with Crippen molar-refractivity contribution in [3.8, 4) is 0 Å². The molecule has 0 amide bonds. The third-order valence-electron chi connectivity index (χ3n) is 4.35. The van der Waals surface area contributed by atoms with Crippen molar-refractivity contribution >= 4 is 0 Å². The van der Waals surface area contributed by atoms with Gasteiger partial charge in [-0.15, -0.1) is 0 Å². The minimum absolute atomic E-state index is 0.0608. The fourth-order valence-electron chi connectivity index (χ4n) is 2.84. The van der Waals surface area contributed by atoms with Crippen LogP contribution in [0.4, 0.5) is 0 Å². The normalized spacial score (nSPS) is 21.8. The molecular formula is C14H30N2O3. The predicted molar refractivity (Wildman–Crippen MR) is 76.1 cm³/mol. The van der Waals surface area contributed by atoms with Gasteiger partial charge in [-0.25, -0.2) is 0 Å². The number of nitrogens with zero attached hydrogens (tertiary/aromatic N) is 1. The first-order valence-corrected chi connectivity index (χ1v) is 7.09. The van der Waals surface area contributed by atoms with Crippen LogP contribution in [0.2, 0.25) is 0 Å². The van der Waals surface area contributed by atoms with E-state index in [1.165, 1.54) is 12.8 Å². The summed E-state index contributed by atoms with van der Waals surface area (Å²) in [4.78, 5) is 2.48. The van der Waals surface area contributed by atoms with E-state index in [1.54, 1.807) is 21.3 Å². The van der Waals surface area contributed by atoms with E-state index in [9.17, 15) is 0 Å². The highest BCUT2D eigenvalue weighted by atomic mass is 16.7. The van der Waals surface area contributed by atoms with Crippen molar-refractivity contribution in [1.29, 1.82) is 0 Å². The molecule has 1 heterocycles. The SMILES string of the molecule is COCC1CCN(C(C)(CN)CC(OC)OC)CC1. The van der Waals surface area contributed by atoms with Gasteiger partial charge in [-0.3, -0.25) is 4.90 Å². The molecule has 0 aromatic heterocycles. The van der Waals surface area contributed by atoms with Crippen LogP contribution in [0, 0.1) is 5.92 Å². The van der Waals surface area contributed by atoms with Crippen LogP contribution in [0.15, 0.2) is 0 Å². The first-order valence-electron chi connectivity index (χ1n) is 7.09. The smallest absolute Gasteiger partial charge is 0.158 e. The van der Waals surface area contributed by atoms with Crippen LogP contribution < -0.4 is 5.73 Å². The maximum absolute atomic E-state index is 6.01. The molecule has 1 aliphatic rings. The molecule has 0 radical (unpaired) electrons. The third kappa shape index (κ3) is 4.68. The number of nitrogens with two attached hydrogens (primary N) is 1. The highest BCUT2D eigenvalue weighted by Gasteiger charge is 2.35. The van der Waals surface area contributed by atoms with E-state index in [-0.39, 0.29) is 11.8 Å². The molecule has 1 aliphatic heterocycles. The summed E-state index contributed by atoms with van der Waals surface area (Å²) in [6.45, 7) is 5.83. The van der Waals surface area contributed by atoms with Crippen LogP contribution >= 0.6 is 0 Å². The molecule has 0 spiro atoms. The summed E-state index contributed by atoms with van der Waals surface area (Å²) in [7, 11) is 5.13. The summed E-state index contributed by atoms with van der Waals surface area (Å²) in [5.74, 6) is 0.684. The quantitative estimate of drug-likeness (QED) is 0.671. The Kier molecular flexibility index (Phi) is 7.25. The van der Waals surface area contributed by atoms with E-state index < -0.39 is 0 Å². The Bertz CT molecular complexity index is 241. The molecule has 1 fully saturated rings. The molecule has 19 heavy (non-hydrogen) atoms. The molecule has 0 aliphatic carbocycles. The third-order valence-corrected chi connectivity index (χ3v) is 4.35. The predicted octanol–water partition coefficient (Wildman–Crippen LogP) is 1.07. The maximum atomic E-state index is 6.01. The van der Waals surface area contributed by atoms with Gasteiger partial charge in [0.05, 0.1) is 0 Å². The second-order valence-corrected chi connectivity index (χ2v) is 5.69. The molecule has 2 N–H and O–H groups in total. The summed E-state index contributed by atoms with van der Waals surface area (Å²) in [5, 5.41) is 0. The number of methoxy groups -OCH3 is 3. The van der Waals surface area contributed by atoms with E-state index in [0.717, 1.165) is 26.1 Å². The zero-order chi connectivity index (χ0) is 14.3. The summed E-state index contributed by atoms with van der Waals surface area (Å²) in [6.07, 6.45) is 2.96. The van der Waals surface area contributed by atoms with Gasteiger partial charge in [0.1, 0.15) is 0 Å². The summed E-state index contributed by atoms with van der Waals surface area (Å²) in [5.41, 5.74) is 5.95. The zero-order valence-corrected chi connectivity index (χ0v) is 12.9. The summed E-state index contributed by atoms with van der Waals surface area (Å²) < 4.78 is 15.9. The molecule has 5 nitrogen and oxygen atoms in total. The molecule has 5 heteroatoms. The lowest BCUT2D eigenvalue weighted by Gasteiger charge is -2.45. The second kappa shape index (κ2) is 8.17. The largest absolute Gasteiger partial charge is 0.384 e. The number of hydrogen-bond acceptors (Lipinski definition) is 5. The van der Waals surface area contributed by atoms with Gasteiger partial charge in [-0.05, 0) is 38.8 Å². The number of ether oxygens (including phenoxy) is 3. The molecule has 0 bridgehead atoms. The van der Waals surface area contributed by atoms with E-state index in [1.807, 2.05) is 0 Å². The fourth-order valence-corrected chi connectivity index (χ4v) is 2.84. The Morgan fingerprint density at radius 2 is 1.79 bits per heavy atom. The molecule has 1 rings (SSSR count). The van der Waals surface area contributed by atoms with Crippen molar-refractivity contribution in [3.05, 3.63) is 0 Å². The van der Waals surface area contributed by atoms with Gasteiger partial charge in [-0.2, -0.15) is 0 Å². The summed E-state index contributed by atoms with van der Waals surface area (Å²) >= 11 is 0. The van der Waals surface area contributed by atoms with E-state index in [4.69, 9.17) is 19.9 Å². The van der Waals surface area contributed by atoms with Crippen LogP contribution in [0.25, 0.3) is 0 Å². The van der Waals surface area contributed by atoms with Crippen molar-refractivity contribution in [1.82, 2.24) is 4.90 Å². The lowest BCUT2D eigenvalue weighted by molar-refractivity contribution is -0.131. The monoisotopic (exact) mass is 274 g/mol. The standard InChI is InChI=1S/C14H30N2O3/c1-14(11-15,9-13(18-3)19-4)16-7-5-12(6-8-16)10-17-2/h12-13H,5-11,15H2,1-4H3. The van der Waals surface area contributed by atoms with Crippen molar-refractivity contribution in [2.45, 2.75) is 38.0 Å². The van der Waals surface area contributed by atoms with Crippen molar-refractivity contribution < 1.29 is 14.2 Å². The van der Waals surface area contributed by atoms with Crippen LogP contribution in [0.5, 0.6) is 0 Å². The van der Waals surface area contributed by atoms with Crippen LogP contribution in [-0.2, 0) is 14.2 Å². The maximum Gasteiger partial charge on any atom is 0.158 e. The first-order chi connectivity index (χ1) is 9.09. The minimum atomic E-state index is -0.190.